The van der Waals surface area contributed by atoms with Crippen LogP contribution < -0.4 is 4.72 Å². The van der Waals surface area contributed by atoms with Crippen LogP contribution in [0.3, 0.4) is 0 Å². The third-order valence-electron chi connectivity index (χ3n) is 3.35. The fourth-order valence-electron chi connectivity index (χ4n) is 2.06. The molecule has 0 radical (unpaired) electrons. The molecular weight excluding hydrogens is 349 g/mol. The molecule has 0 atom stereocenters. The number of aryl methyl sites for hydroxylation is 1. The number of pyridine rings is 1. The van der Waals surface area contributed by atoms with Gasteiger partial charge in [-0.15, -0.1) is 11.3 Å². The fourth-order valence-corrected chi connectivity index (χ4v) is 4.14. The van der Waals surface area contributed by atoms with E-state index in [1.807, 2.05) is 19.1 Å². The van der Waals surface area contributed by atoms with Gasteiger partial charge in [0.15, 0.2) is 0 Å². The predicted octanol–water partition coefficient (Wildman–Crippen LogP) is 3.13. The molecule has 2 aromatic heterocycles. The largest absolute Gasteiger partial charge is 0.264 e. The second kappa shape index (κ2) is 6.76. The number of aromatic nitrogens is 2. The van der Waals surface area contributed by atoms with Crippen molar-refractivity contribution in [2.45, 2.75) is 18.4 Å². The fraction of sp³-hybridized carbons (Fsp3) is 0.125. The first-order valence-electron chi connectivity index (χ1n) is 7.07. The number of rotatable bonds is 5. The summed E-state index contributed by atoms with van der Waals surface area (Å²) in [6.45, 7) is 1.96. The maximum absolute atomic E-state index is 12.9. The van der Waals surface area contributed by atoms with Crippen molar-refractivity contribution in [1.29, 1.82) is 0 Å². The summed E-state index contributed by atoms with van der Waals surface area (Å²) in [7, 11) is -3.70. The van der Waals surface area contributed by atoms with Crippen LogP contribution in [0.2, 0.25) is 0 Å². The Morgan fingerprint density at radius 3 is 2.62 bits per heavy atom. The van der Waals surface area contributed by atoms with E-state index >= 15 is 0 Å². The molecule has 0 bridgehead atoms. The Hall–Kier alpha value is -2.16. The zero-order valence-electron chi connectivity index (χ0n) is 12.7. The Balaban J connectivity index is 1.77. The van der Waals surface area contributed by atoms with Gasteiger partial charge in [0.1, 0.15) is 10.8 Å². The van der Waals surface area contributed by atoms with Crippen molar-refractivity contribution in [2.24, 2.45) is 0 Å². The number of hydrogen-bond donors (Lipinski definition) is 1. The summed E-state index contributed by atoms with van der Waals surface area (Å²) in [5, 5.41) is 0.789. The van der Waals surface area contributed by atoms with Crippen molar-refractivity contribution in [3.05, 3.63) is 65.2 Å². The maximum Gasteiger partial charge on any atom is 0.240 e. The molecule has 8 heteroatoms. The standard InChI is InChI=1S/C16H14FN3O2S2/c1-11-15(23-16(20-11)12-3-2-8-18-9-12)10-19-24(21,22)14-6-4-13(17)5-7-14/h2-9,19H,10H2,1H3. The summed E-state index contributed by atoms with van der Waals surface area (Å²) in [5.41, 5.74) is 1.65. The molecule has 0 saturated heterocycles. The third kappa shape index (κ3) is 3.66. The van der Waals surface area contributed by atoms with Crippen molar-refractivity contribution in [2.75, 3.05) is 0 Å². The minimum atomic E-state index is -3.70. The van der Waals surface area contributed by atoms with Gasteiger partial charge in [0.05, 0.1) is 10.6 Å². The molecule has 1 aromatic carbocycles. The minimum Gasteiger partial charge on any atom is -0.264 e. The Labute approximate surface area is 143 Å². The van der Waals surface area contributed by atoms with Crippen LogP contribution in [0.5, 0.6) is 0 Å². The molecule has 5 nitrogen and oxygen atoms in total. The van der Waals surface area contributed by atoms with E-state index in [2.05, 4.69) is 14.7 Å². The lowest BCUT2D eigenvalue weighted by molar-refractivity contribution is 0.580. The predicted molar refractivity (Wildman–Crippen MR) is 90.5 cm³/mol. The average Bonchev–Trinajstić information content (AvgIpc) is 2.95. The van der Waals surface area contributed by atoms with Crippen molar-refractivity contribution in [3.63, 3.8) is 0 Å². The molecule has 24 heavy (non-hydrogen) atoms. The van der Waals surface area contributed by atoms with E-state index in [1.54, 1.807) is 12.4 Å². The summed E-state index contributed by atoms with van der Waals surface area (Å²) >= 11 is 1.41. The highest BCUT2D eigenvalue weighted by atomic mass is 32.2. The molecule has 0 aliphatic heterocycles. The van der Waals surface area contributed by atoms with E-state index in [9.17, 15) is 12.8 Å². The zero-order chi connectivity index (χ0) is 17.2. The number of hydrogen-bond acceptors (Lipinski definition) is 5. The highest BCUT2D eigenvalue weighted by molar-refractivity contribution is 7.89. The first-order chi connectivity index (χ1) is 11.5. The van der Waals surface area contributed by atoms with Crippen LogP contribution in [0.25, 0.3) is 10.6 Å². The number of halogens is 1. The number of nitrogens with zero attached hydrogens (tertiary/aromatic N) is 2. The summed E-state index contributed by atoms with van der Waals surface area (Å²) in [4.78, 5) is 9.36. The number of benzene rings is 1. The molecule has 3 rings (SSSR count). The Bertz CT molecular complexity index is 939. The van der Waals surface area contributed by atoms with Crippen LogP contribution in [0, 0.1) is 12.7 Å². The van der Waals surface area contributed by atoms with Gasteiger partial charge in [0.2, 0.25) is 10.0 Å². The molecule has 0 spiro atoms. The lowest BCUT2D eigenvalue weighted by atomic mass is 10.3. The molecule has 0 amide bonds. The number of sulfonamides is 1. The van der Waals surface area contributed by atoms with Crippen LogP contribution >= 0.6 is 11.3 Å². The van der Waals surface area contributed by atoms with Gasteiger partial charge in [0.25, 0.3) is 0 Å². The van der Waals surface area contributed by atoms with Crippen molar-refractivity contribution >= 4 is 21.4 Å². The Morgan fingerprint density at radius 2 is 1.96 bits per heavy atom. The molecule has 1 N–H and O–H groups in total. The van der Waals surface area contributed by atoms with Gasteiger partial charge >= 0.3 is 0 Å². The van der Waals surface area contributed by atoms with Crippen LogP contribution in [0.15, 0.2) is 53.7 Å². The van der Waals surface area contributed by atoms with E-state index in [0.717, 1.165) is 33.3 Å². The van der Waals surface area contributed by atoms with Gasteiger partial charge in [-0.25, -0.2) is 22.5 Å². The lowest BCUT2D eigenvalue weighted by Crippen LogP contribution is -2.23. The van der Waals surface area contributed by atoms with Crippen LogP contribution in [0.1, 0.15) is 10.6 Å². The first-order valence-corrected chi connectivity index (χ1v) is 9.37. The SMILES string of the molecule is Cc1nc(-c2cccnc2)sc1CNS(=O)(=O)c1ccc(F)cc1. The van der Waals surface area contributed by atoms with E-state index in [-0.39, 0.29) is 11.4 Å². The quantitative estimate of drug-likeness (QED) is 0.756. The van der Waals surface area contributed by atoms with Crippen molar-refractivity contribution in [3.8, 4) is 10.6 Å². The molecule has 0 saturated carbocycles. The van der Waals surface area contributed by atoms with Gasteiger partial charge < -0.3 is 0 Å². The summed E-state index contributed by atoms with van der Waals surface area (Å²) < 4.78 is 39.9. The average molecular weight is 363 g/mol. The first kappa shape index (κ1) is 16.7. The molecule has 124 valence electrons. The zero-order valence-corrected chi connectivity index (χ0v) is 14.4. The van der Waals surface area contributed by atoms with Crippen LogP contribution in [-0.4, -0.2) is 18.4 Å². The maximum atomic E-state index is 12.9. The highest BCUT2D eigenvalue weighted by Crippen LogP contribution is 2.27. The highest BCUT2D eigenvalue weighted by Gasteiger charge is 2.16. The minimum absolute atomic E-state index is 0.0264. The molecule has 2 heterocycles. The monoisotopic (exact) mass is 363 g/mol. The smallest absolute Gasteiger partial charge is 0.240 e. The molecule has 0 unspecified atom stereocenters. The topological polar surface area (TPSA) is 72.0 Å². The number of nitrogens with one attached hydrogen (secondary N) is 1. The van der Waals surface area contributed by atoms with Crippen molar-refractivity contribution < 1.29 is 12.8 Å². The Morgan fingerprint density at radius 1 is 1.21 bits per heavy atom. The summed E-state index contributed by atoms with van der Waals surface area (Å²) in [6, 6.07) is 8.43. The second-order valence-electron chi connectivity index (χ2n) is 5.05. The normalized spacial score (nSPS) is 11.6. The molecular formula is C16H14FN3O2S2. The van der Waals surface area contributed by atoms with E-state index in [1.165, 1.54) is 23.5 Å². The molecule has 3 aromatic rings. The Kier molecular flexibility index (Phi) is 4.70. The van der Waals surface area contributed by atoms with E-state index in [4.69, 9.17) is 0 Å². The second-order valence-corrected chi connectivity index (χ2v) is 7.90. The summed E-state index contributed by atoms with van der Waals surface area (Å²) in [6.07, 6.45) is 3.40. The van der Waals surface area contributed by atoms with Gasteiger partial charge in [-0.05, 0) is 43.3 Å². The summed E-state index contributed by atoms with van der Waals surface area (Å²) in [5.74, 6) is -0.478. The molecule has 0 aliphatic rings. The molecule has 0 aliphatic carbocycles. The molecule has 0 fully saturated rings. The van der Waals surface area contributed by atoms with Crippen molar-refractivity contribution in [1.82, 2.24) is 14.7 Å². The van der Waals surface area contributed by atoms with E-state index in [0.29, 0.717) is 0 Å². The van der Waals surface area contributed by atoms with Crippen LogP contribution in [-0.2, 0) is 16.6 Å². The van der Waals surface area contributed by atoms with Crippen LogP contribution in [0.4, 0.5) is 4.39 Å². The van der Waals surface area contributed by atoms with Gasteiger partial charge in [-0.3, -0.25) is 4.98 Å². The van der Waals surface area contributed by atoms with Gasteiger partial charge in [-0.1, -0.05) is 0 Å². The number of thiazole rings is 1. The van der Waals surface area contributed by atoms with E-state index < -0.39 is 15.8 Å². The van der Waals surface area contributed by atoms with Gasteiger partial charge in [0, 0.05) is 29.4 Å². The lowest BCUT2D eigenvalue weighted by Gasteiger charge is -2.05. The van der Waals surface area contributed by atoms with Gasteiger partial charge in [-0.2, -0.15) is 0 Å². The third-order valence-corrected chi connectivity index (χ3v) is 5.97.